The number of nitrogens with zero attached hydrogens (tertiary/aromatic N) is 6. The molecule has 1 atom stereocenters. The first-order valence-electron chi connectivity index (χ1n) is 8.40. The van der Waals surface area contributed by atoms with E-state index in [1.54, 1.807) is 12.4 Å². The molecule has 2 aromatic heterocycles. The van der Waals surface area contributed by atoms with Crippen LogP contribution in [-0.4, -0.2) is 50.4 Å². The predicted molar refractivity (Wildman–Crippen MR) is 88.6 cm³/mol. The van der Waals surface area contributed by atoms with Crippen LogP contribution in [0.1, 0.15) is 47.3 Å². The Balaban J connectivity index is 1.58. The third-order valence-electron chi connectivity index (χ3n) is 4.68. The monoisotopic (exact) mass is 324 g/mol. The molecular weight excluding hydrogens is 304 g/mol. The molecule has 0 bridgehead atoms. The van der Waals surface area contributed by atoms with Crippen molar-refractivity contribution in [2.45, 2.75) is 32.2 Å². The van der Waals surface area contributed by atoms with Gasteiger partial charge in [0.2, 0.25) is 0 Å². The van der Waals surface area contributed by atoms with E-state index >= 15 is 0 Å². The van der Waals surface area contributed by atoms with Gasteiger partial charge in [0, 0.05) is 38.1 Å². The fourth-order valence-corrected chi connectivity index (χ4v) is 3.35. The quantitative estimate of drug-likeness (QED) is 0.856. The third kappa shape index (κ3) is 2.70. The molecule has 2 saturated heterocycles. The summed E-state index contributed by atoms with van der Waals surface area (Å²) in [4.78, 5) is 34.0. The first kappa shape index (κ1) is 15.0. The molecule has 4 heterocycles. The topological polar surface area (TPSA) is 75.1 Å². The highest BCUT2D eigenvalue weighted by molar-refractivity contribution is 5.92. The lowest BCUT2D eigenvalue weighted by Gasteiger charge is -2.40. The normalized spacial score (nSPS) is 20.1. The van der Waals surface area contributed by atoms with E-state index in [0.717, 1.165) is 43.4 Å². The molecule has 124 valence electrons. The van der Waals surface area contributed by atoms with Crippen molar-refractivity contribution in [1.29, 1.82) is 0 Å². The zero-order valence-electron chi connectivity index (χ0n) is 13.7. The summed E-state index contributed by atoms with van der Waals surface area (Å²) in [5.74, 6) is 1.65. The average Bonchev–Trinajstić information content (AvgIpc) is 3.08. The minimum absolute atomic E-state index is 0.00237. The highest BCUT2D eigenvalue weighted by Crippen LogP contribution is 2.34. The lowest BCUT2D eigenvalue weighted by molar-refractivity contribution is 0.0443. The van der Waals surface area contributed by atoms with E-state index in [1.165, 1.54) is 19.0 Å². The summed E-state index contributed by atoms with van der Waals surface area (Å²) in [7, 11) is 0. The zero-order valence-corrected chi connectivity index (χ0v) is 13.7. The molecular formula is C17H20N6O. The minimum atomic E-state index is -0.0849. The maximum atomic E-state index is 12.6. The molecule has 0 aliphatic carbocycles. The number of carbonyl (C=O) groups excluding carboxylic acids is 1. The number of hydrogen-bond acceptors (Lipinski definition) is 6. The Hall–Kier alpha value is -2.57. The smallest absolute Gasteiger partial charge is 0.274 e. The zero-order chi connectivity index (χ0) is 16.5. The summed E-state index contributed by atoms with van der Waals surface area (Å²) in [5.41, 5.74) is 1.31. The molecule has 0 aromatic carbocycles. The van der Waals surface area contributed by atoms with Gasteiger partial charge in [-0.1, -0.05) is 0 Å². The van der Waals surface area contributed by atoms with Crippen LogP contribution < -0.4 is 4.90 Å². The van der Waals surface area contributed by atoms with Crippen LogP contribution in [0.3, 0.4) is 0 Å². The Labute approximate surface area is 140 Å². The molecule has 2 aliphatic heterocycles. The van der Waals surface area contributed by atoms with Gasteiger partial charge in [-0.2, -0.15) is 0 Å². The van der Waals surface area contributed by atoms with Gasteiger partial charge in [0.05, 0.1) is 17.9 Å². The molecule has 7 heteroatoms. The Morgan fingerprint density at radius 3 is 2.67 bits per heavy atom. The first-order valence-corrected chi connectivity index (χ1v) is 8.40. The van der Waals surface area contributed by atoms with Crippen molar-refractivity contribution in [2.24, 2.45) is 0 Å². The molecule has 2 fully saturated rings. The van der Waals surface area contributed by atoms with E-state index < -0.39 is 0 Å². The largest absolute Gasteiger partial charge is 0.357 e. The molecule has 24 heavy (non-hydrogen) atoms. The van der Waals surface area contributed by atoms with Crippen molar-refractivity contribution in [3.05, 3.63) is 41.9 Å². The predicted octanol–water partition coefficient (Wildman–Crippen LogP) is 1.76. The van der Waals surface area contributed by atoms with E-state index in [2.05, 4.69) is 24.8 Å². The summed E-state index contributed by atoms with van der Waals surface area (Å²) in [6, 6.07) is 2.04. The number of amides is 1. The summed E-state index contributed by atoms with van der Waals surface area (Å²) in [6.07, 6.45) is 7.96. The van der Waals surface area contributed by atoms with E-state index in [-0.39, 0.29) is 11.9 Å². The van der Waals surface area contributed by atoms with Gasteiger partial charge in [-0.15, -0.1) is 0 Å². The van der Waals surface area contributed by atoms with E-state index in [9.17, 15) is 4.79 Å². The van der Waals surface area contributed by atoms with Crippen molar-refractivity contribution in [2.75, 3.05) is 24.5 Å². The second-order valence-corrected chi connectivity index (χ2v) is 6.29. The Morgan fingerprint density at radius 2 is 2.00 bits per heavy atom. The molecule has 7 nitrogen and oxygen atoms in total. The fraction of sp³-hybridized carbons (Fsp3) is 0.471. The number of aryl methyl sites for hydroxylation is 1. The molecule has 4 rings (SSSR count). The van der Waals surface area contributed by atoms with Crippen LogP contribution in [0.4, 0.5) is 5.82 Å². The Morgan fingerprint density at radius 1 is 1.17 bits per heavy atom. The van der Waals surface area contributed by atoms with Gasteiger partial charge >= 0.3 is 0 Å². The fourth-order valence-electron chi connectivity index (χ4n) is 3.35. The first-order chi connectivity index (χ1) is 11.7. The van der Waals surface area contributed by atoms with Gasteiger partial charge in [0.1, 0.15) is 17.3 Å². The van der Waals surface area contributed by atoms with E-state index in [0.29, 0.717) is 5.69 Å². The van der Waals surface area contributed by atoms with Crippen LogP contribution in [0, 0.1) is 6.92 Å². The van der Waals surface area contributed by atoms with Crippen LogP contribution in [0.15, 0.2) is 24.7 Å². The van der Waals surface area contributed by atoms with Crippen molar-refractivity contribution in [3.8, 4) is 0 Å². The van der Waals surface area contributed by atoms with Crippen molar-refractivity contribution >= 4 is 11.7 Å². The Bertz CT molecular complexity index is 744. The average molecular weight is 324 g/mol. The number of rotatable bonds is 3. The molecule has 0 radical (unpaired) electrons. The number of anilines is 1. The highest BCUT2D eigenvalue weighted by Gasteiger charge is 2.36. The molecule has 0 N–H and O–H groups in total. The Kier molecular flexibility index (Phi) is 3.84. The molecule has 0 saturated carbocycles. The van der Waals surface area contributed by atoms with Crippen LogP contribution in [0.25, 0.3) is 0 Å². The van der Waals surface area contributed by atoms with Gasteiger partial charge in [-0.3, -0.25) is 9.78 Å². The molecule has 1 unspecified atom stereocenters. The second-order valence-electron chi connectivity index (χ2n) is 6.29. The van der Waals surface area contributed by atoms with Crippen LogP contribution in [-0.2, 0) is 0 Å². The van der Waals surface area contributed by atoms with Gasteiger partial charge < -0.3 is 9.80 Å². The highest BCUT2D eigenvalue weighted by atomic mass is 16.2. The van der Waals surface area contributed by atoms with Gasteiger partial charge in [0.25, 0.3) is 5.91 Å². The summed E-state index contributed by atoms with van der Waals surface area (Å²) >= 11 is 0. The summed E-state index contributed by atoms with van der Waals surface area (Å²) < 4.78 is 0. The van der Waals surface area contributed by atoms with Crippen LogP contribution in [0.5, 0.6) is 0 Å². The third-order valence-corrected chi connectivity index (χ3v) is 4.68. The number of aromatic nitrogens is 4. The molecule has 2 aliphatic rings. The molecule has 1 amide bonds. The van der Waals surface area contributed by atoms with E-state index in [4.69, 9.17) is 0 Å². The molecule has 0 spiro atoms. The standard InChI is InChI=1S/C17H20N6O/c1-12-20-13(10-16(21-12)22-7-2-3-8-22)15-4-9-23(15)17(24)14-11-18-5-6-19-14/h5-6,10-11,15H,2-4,7-9H2,1H3. The maximum Gasteiger partial charge on any atom is 0.274 e. The minimum Gasteiger partial charge on any atom is -0.357 e. The SMILES string of the molecule is Cc1nc(C2CCN2C(=O)c2cnccn2)cc(N2CCCC2)n1. The second kappa shape index (κ2) is 6.14. The maximum absolute atomic E-state index is 12.6. The number of carbonyl (C=O) groups is 1. The van der Waals surface area contributed by atoms with E-state index in [1.807, 2.05) is 17.9 Å². The van der Waals surface area contributed by atoms with Crippen molar-refractivity contribution in [1.82, 2.24) is 24.8 Å². The van der Waals surface area contributed by atoms with Crippen LogP contribution >= 0.6 is 0 Å². The van der Waals surface area contributed by atoms with Crippen LogP contribution in [0.2, 0.25) is 0 Å². The lowest BCUT2D eigenvalue weighted by Crippen LogP contribution is -2.46. The van der Waals surface area contributed by atoms with Gasteiger partial charge in [-0.25, -0.2) is 15.0 Å². The number of hydrogen-bond donors (Lipinski definition) is 0. The summed E-state index contributed by atoms with van der Waals surface area (Å²) in [6.45, 7) is 4.73. The van der Waals surface area contributed by atoms with Crippen molar-refractivity contribution in [3.63, 3.8) is 0 Å². The van der Waals surface area contributed by atoms with Gasteiger partial charge in [0.15, 0.2) is 0 Å². The van der Waals surface area contributed by atoms with Gasteiger partial charge in [-0.05, 0) is 26.2 Å². The number of likely N-dealkylation sites (tertiary alicyclic amines) is 1. The van der Waals surface area contributed by atoms with Crippen molar-refractivity contribution < 1.29 is 4.79 Å². The molecule has 2 aromatic rings. The summed E-state index contributed by atoms with van der Waals surface area (Å²) in [5, 5.41) is 0. The lowest BCUT2D eigenvalue weighted by atomic mass is 9.98.